The Morgan fingerprint density at radius 2 is 1.85 bits per heavy atom. The SMILES string of the molecule is CCOC(=O)c1cccc(NC(=O)N2CCC(CC(=O)NCCN3CCCCC3)C(CC)C2)c1. The highest BCUT2D eigenvalue weighted by Crippen LogP contribution is 2.29. The highest BCUT2D eigenvalue weighted by molar-refractivity contribution is 5.94. The molecule has 0 radical (unpaired) electrons. The van der Waals surface area contributed by atoms with Crippen molar-refractivity contribution in [1.82, 2.24) is 15.1 Å². The Morgan fingerprint density at radius 1 is 1.06 bits per heavy atom. The number of carbonyl (C=O) groups is 3. The monoisotopic (exact) mass is 472 g/mol. The molecule has 3 amide bonds. The van der Waals surface area contributed by atoms with Gasteiger partial charge >= 0.3 is 12.0 Å². The number of piperidine rings is 2. The second-order valence-corrected chi connectivity index (χ2v) is 9.35. The van der Waals surface area contributed by atoms with Crippen LogP contribution in [0.25, 0.3) is 0 Å². The summed E-state index contributed by atoms with van der Waals surface area (Å²) in [6.45, 7) is 9.35. The summed E-state index contributed by atoms with van der Waals surface area (Å²) in [6, 6.07) is 6.62. The summed E-state index contributed by atoms with van der Waals surface area (Å²) in [5.74, 6) is 0.295. The molecular formula is C26H40N4O4. The number of urea groups is 1. The van der Waals surface area contributed by atoms with Gasteiger partial charge in [-0.05, 0) is 69.3 Å². The Labute approximate surface area is 203 Å². The van der Waals surface area contributed by atoms with Crippen molar-refractivity contribution in [2.24, 2.45) is 11.8 Å². The summed E-state index contributed by atoms with van der Waals surface area (Å²) in [4.78, 5) is 41.6. The molecule has 0 saturated carbocycles. The van der Waals surface area contributed by atoms with Crippen LogP contribution in [0.1, 0.15) is 62.7 Å². The number of nitrogens with zero attached hydrogens (tertiary/aromatic N) is 2. The molecule has 34 heavy (non-hydrogen) atoms. The van der Waals surface area contributed by atoms with Crippen molar-refractivity contribution in [3.8, 4) is 0 Å². The molecule has 2 heterocycles. The van der Waals surface area contributed by atoms with E-state index in [1.807, 2.05) is 4.90 Å². The van der Waals surface area contributed by atoms with E-state index >= 15 is 0 Å². The maximum absolute atomic E-state index is 12.9. The lowest BCUT2D eigenvalue weighted by molar-refractivity contribution is -0.122. The van der Waals surface area contributed by atoms with Crippen molar-refractivity contribution in [1.29, 1.82) is 0 Å². The van der Waals surface area contributed by atoms with Crippen LogP contribution >= 0.6 is 0 Å². The third-order valence-corrected chi connectivity index (χ3v) is 6.97. The number of esters is 1. The van der Waals surface area contributed by atoms with Crippen LogP contribution in [0.15, 0.2) is 24.3 Å². The van der Waals surface area contributed by atoms with Crippen LogP contribution in [0, 0.1) is 11.8 Å². The van der Waals surface area contributed by atoms with Crippen molar-refractivity contribution in [3.63, 3.8) is 0 Å². The van der Waals surface area contributed by atoms with E-state index in [0.29, 0.717) is 49.8 Å². The van der Waals surface area contributed by atoms with E-state index in [1.54, 1.807) is 31.2 Å². The molecule has 8 heteroatoms. The molecule has 1 aromatic carbocycles. The number of rotatable bonds is 9. The fourth-order valence-corrected chi connectivity index (χ4v) is 4.98. The van der Waals surface area contributed by atoms with Gasteiger partial charge in [-0.15, -0.1) is 0 Å². The van der Waals surface area contributed by atoms with Crippen LogP contribution in [0.2, 0.25) is 0 Å². The fraction of sp³-hybridized carbons (Fsp3) is 0.654. The number of anilines is 1. The number of ether oxygens (including phenoxy) is 1. The standard InChI is InChI=1S/C26H40N4O4/c1-3-20-19-30(26(33)28-23-10-8-9-22(17-23)25(32)34-4-2)15-11-21(20)18-24(31)27-12-16-29-13-6-5-7-14-29/h8-10,17,20-21H,3-7,11-16,18-19H2,1-2H3,(H,27,31)(H,28,33). The lowest BCUT2D eigenvalue weighted by Gasteiger charge is -2.38. The molecule has 2 aliphatic heterocycles. The maximum Gasteiger partial charge on any atom is 0.338 e. The lowest BCUT2D eigenvalue weighted by Crippen LogP contribution is -2.46. The number of benzene rings is 1. The zero-order valence-electron chi connectivity index (χ0n) is 20.7. The zero-order chi connectivity index (χ0) is 24.3. The number of nitrogens with one attached hydrogen (secondary N) is 2. The summed E-state index contributed by atoms with van der Waals surface area (Å²) in [5.41, 5.74) is 0.981. The van der Waals surface area contributed by atoms with Crippen molar-refractivity contribution < 1.29 is 19.1 Å². The largest absolute Gasteiger partial charge is 0.462 e. The molecule has 8 nitrogen and oxygen atoms in total. The average molecular weight is 473 g/mol. The number of carbonyl (C=O) groups excluding carboxylic acids is 3. The Kier molecular flexibility index (Phi) is 10.2. The second kappa shape index (κ2) is 13.3. The van der Waals surface area contributed by atoms with Gasteiger partial charge in [-0.1, -0.05) is 25.8 Å². The van der Waals surface area contributed by atoms with Crippen molar-refractivity contribution >= 4 is 23.6 Å². The van der Waals surface area contributed by atoms with Gasteiger partial charge in [0, 0.05) is 38.3 Å². The van der Waals surface area contributed by atoms with E-state index in [4.69, 9.17) is 4.74 Å². The molecule has 2 atom stereocenters. The Bertz CT molecular complexity index is 825. The molecule has 2 saturated heterocycles. The van der Waals surface area contributed by atoms with Crippen LogP contribution in [0.4, 0.5) is 10.5 Å². The molecule has 2 N–H and O–H groups in total. The Morgan fingerprint density at radius 3 is 2.59 bits per heavy atom. The molecule has 2 aliphatic rings. The molecule has 2 unspecified atom stereocenters. The van der Waals surface area contributed by atoms with Crippen LogP contribution in [-0.4, -0.2) is 73.6 Å². The molecule has 0 bridgehead atoms. The van der Waals surface area contributed by atoms with E-state index in [2.05, 4.69) is 22.5 Å². The third kappa shape index (κ3) is 7.72. The molecule has 1 aromatic rings. The van der Waals surface area contributed by atoms with E-state index in [-0.39, 0.29) is 17.9 Å². The van der Waals surface area contributed by atoms with E-state index < -0.39 is 5.97 Å². The number of hydrogen-bond acceptors (Lipinski definition) is 5. The lowest BCUT2D eigenvalue weighted by atomic mass is 9.81. The minimum atomic E-state index is -0.403. The molecule has 3 rings (SSSR count). The van der Waals surface area contributed by atoms with E-state index in [9.17, 15) is 14.4 Å². The van der Waals surface area contributed by atoms with Gasteiger partial charge < -0.3 is 25.2 Å². The summed E-state index contributed by atoms with van der Waals surface area (Å²) < 4.78 is 5.03. The van der Waals surface area contributed by atoms with Crippen molar-refractivity contribution in [2.75, 3.05) is 51.2 Å². The van der Waals surface area contributed by atoms with Gasteiger partial charge in [-0.3, -0.25) is 4.79 Å². The molecule has 2 fully saturated rings. The highest BCUT2D eigenvalue weighted by Gasteiger charge is 2.31. The van der Waals surface area contributed by atoms with Gasteiger partial charge in [0.15, 0.2) is 0 Å². The minimum absolute atomic E-state index is 0.120. The van der Waals surface area contributed by atoms with Crippen LogP contribution < -0.4 is 10.6 Å². The topological polar surface area (TPSA) is 91.0 Å². The zero-order valence-corrected chi connectivity index (χ0v) is 20.7. The third-order valence-electron chi connectivity index (χ3n) is 6.97. The number of amides is 3. The predicted molar refractivity (Wildman–Crippen MR) is 133 cm³/mol. The van der Waals surface area contributed by atoms with E-state index in [1.165, 1.54) is 19.3 Å². The minimum Gasteiger partial charge on any atom is -0.462 e. The predicted octanol–water partition coefficient (Wildman–Crippen LogP) is 3.74. The van der Waals surface area contributed by atoms with Gasteiger partial charge in [0.05, 0.1) is 12.2 Å². The Hall–Kier alpha value is -2.61. The highest BCUT2D eigenvalue weighted by atomic mass is 16.5. The molecule has 0 spiro atoms. The van der Waals surface area contributed by atoms with Gasteiger partial charge in [0.2, 0.25) is 5.91 Å². The quantitative estimate of drug-likeness (QED) is 0.535. The van der Waals surface area contributed by atoms with Crippen LogP contribution in [-0.2, 0) is 9.53 Å². The molecule has 188 valence electrons. The normalized spacial score (nSPS) is 21.1. The first kappa shape index (κ1) is 26.0. The molecule has 0 aromatic heterocycles. The summed E-state index contributed by atoms with van der Waals surface area (Å²) >= 11 is 0. The van der Waals surface area contributed by atoms with Crippen molar-refractivity contribution in [3.05, 3.63) is 29.8 Å². The van der Waals surface area contributed by atoms with Crippen LogP contribution in [0.5, 0.6) is 0 Å². The fourth-order valence-electron chi connectivity index (χ4n) is 4.98. The molecule has 0 aliphatic carbocycles. The van der Waals surface area contributed by atoms with Gasteiger partial charge in [0.1, 0.15) is 0 Å². The van der Waals surface area contributed by atoms with E-state index in [0.717, 1.165) is 32.5 Å². The first-order valence-corrected chi connectivity index (χ1v) is 12.8. The van der Waals surface area contributed by atoms with Crippen molar-refractivity contribution in [2.45, 2.75) is 52.4 Å². The summed E-state index contributed by atoms with van der Waals surface area (Å²) in [5, 5.41) is 6.00. The van der Waals surface area contributed by atoms with Gasteiger partial charge in [-0.2, -0.15) is 0 Å². The maximum atomic E-state index is 12.9. The van der Waals surface area contributed by atoms with Gasteiger partial charge in [-0.25, -0.2) is 9.59 Å². The number of hydrogen-bond donors (Lipinski definition) is 2. The Balaban J connectivity index is 1.45. The summed E-state index contributed by atoms with van der Waals surface area (Å²) in [6.07, 6.45) is 6.10. The number of likely N-dealkylation sites (tertiary alicyclic amines) is 2. The first-order valence-electron chi connectivity index (χ1n) is 12.8. The molecular weight excluding hydrogens is 432 g/mol. The average Bonchev–Trinajstić information content (AvgIpc) is 2.85. The first-order chi connectivity index (χ1) is 16.5. The smallest absolute Gasteiger partial charge is 0.338 e. The summed E-state index contributed by atoms with van der Waals surface area (Å²) in [7, 11) is 0. The van der Waals surface area contributed by atoms with Crippen LogP contribution in [0.3, 0.4) is 0 Å². The van der Waals surface area contributed by atoms with Gasteiger partial charge in [0.25, 0.3) is 0 Å². The second-order valence-electron chi connectivity index (χ2n) is 9.35.